The molecule has 0 fully saturated rings. The van der Waals surface area contributed by atoms with Crippen LogP contribution in [0, 0.1) is 26.3 Å². The Morgan fingerprint density at radius 3 is 2.31 bits per heavy atom. The van der Waals surface area contributed by atoms with E-state index in [1.165, 1.54) is 0 Å². The zero-order chi connectivity index (χ0) is 10.0. The smallest absolute Gasteiger partial charge is 0.258 e. The molecule has 0 bridgehead atoms. The Bertz CT molecular complexity index is 379. The lowest BCUT2D eigenvalue weighted by Crippen LogP contribution is -1.96. The van der Waals surface area contributed by atoms with Crippen LogP contribution in [0.4, 0.5) is 11.4 Å². The molecule has 1 aromatic carbocycles. The highest BCUT2D eigenvalue weighted by molar-refractivity contribution is 6.32. The second-order valence-corrected chi connectivity index (χ2v) is 2.42. The van der Waals surface area contributed by atoms with E-state index in [4.69, 9.17) is 11.6 Å². The molecule has 13 heavy (non-hydrogen) atoms. The summed E-state index contributed by atoms with van der Waals surface area (Å²) in [5.41, 5.74) is -1.36. The van der Waals surface area contributed by atoms with Gasteiger partial charge in [0.05, 0.1) is 9.85 Å². The number of benzene rings is 1. The molecule has 0 aromatic heterocycles. The largest absolute Gasteiger partial charge is 0.365 e. The molecule has 0 unspecified atom stereocenters. The van der Waals surface area contributed by atoms with Crippen molar-refractivity contribution in [1.29, 1.82) is 0 Å². The van der Waals surface area contributed by atoms with E-state index in [0.29, 0.717) is 0 Å². The summed E-state index contributed by atoms with van der Waals surface area (Å²) in [6.07, 6.45) is 0. The van der Waals surface area contributed by atoms with E-state index >= 15 is 0 Å². The van der Waals surface area contributed by atoms with Gasteiger partial charge >= 0.3 is 11.4 Å². The van der Waals surface area contributed by atoms with Crippen LogP contribution in [0.3, 0.4) is 0 Å². The lowest BCUT2D eigenvalue weighted by molar-refractivity contribution is -0.422. The molecule has 0 heterocycles. The number of hydrogen-bond donors (Lipinski definition) is 0. The van der Waals surface area contributed by atoms with Crippen LogP contribution in [0.1, 0.15) is 0 Å². The lowest BCUT2D eigenvalue weighted by Gasteiger charge is -1.94. The van der Waals surface area contributed by atoms with E-state index in [1.54, 1.807) is 0 Å². The maximum Gasteiger partial charge on any atom is 0.365 e. The van der Waals surface area contributed by atoms with E-state index in [9.17, 15) is 20.2 Å². The average Bonchev–Trinajstić information content (AvgIpc) is 2.02. The molecule has 0 amide bonds. The Morgan fingerprint density at radius 2 is 1.92 bits per heavy atom. The van der Waals surface area contributed by atoms with Gasteiger partial charge in [0.25, 0.3) is 0 Å². The molecule has 0 aliphatic rings. The molecular formula is C6H2ClN2O4. The minimum Gasteiger partial charge on any atom is -0.258 e. The molecule has 1 aromatic rings. The SMILES string of the molecule is O=[N+]([O-])c1cc[c]c(Cl)c1[N+](=O)[O-]. The molecule has 0 saturated heterocycles. The highest BCUT2D eigenvalue weighted by Crippen LogP contribution is 2.32. The second-order valence-electron chi connectivity index (χ2n) is 2.04. The van der Waals surface area contributed by atoms with Crippen molar-refractivity contribution >= 4 is 23.0 Å². The van der Waals surface area contributed by atoms with Gasteiger partial charge < -0.3 is 0 Å². The molecule has 0 spiro atoms. The van der Waals surface area contributed by atoms with E-state index < -0.39 is 21.2 Å². The highest BCUT2D eigenvalue weighted by atomic mass is 35.5. The van der Waals surface area contributed by atoms with E-state index in [1.807, 2.05) is 0 Å². The molecule has 1 rings (SSSR count). The fraction of sp³-hybridized carbons (Fsp3) is 0. The van der Waals surface area contributed by atoms with Gasteiger partial charge in [0.1, 0.15) is 5.02 Å². The Kier molecular flexibility index (Phi) is 2.43. The zero-order valence-electron chi connectivity index (χ0n) is 6.06. The fourth-order valence-electron chi connectivity index (χ4n) is 0.775. The zero-order valence-corrected chi connectivity index (χ0v) is 6.82. The molecule has 0 N–H and O–H groups in total. The maximum absolute atomic E-state index is 10.3. The van der Waals surface area contributed by atoms with Gasteiger partial charge in [-0.05, 0) is 6.07 Å². The fourth-order valence-corrected chi connectivity index (χ4v) is 1.00. The predicted octanol–water partition coefficient (Wildman–Crippen LogP) is 1.96. The van der Waals surface area contributed by atoms with Crippen LogP contribution < -0.4 is 0 Å². The quantitative estimate of drug-likeness (QED) is 0.541. The van der Waals surface area contributed by atoms with Gasteiger partial charge in [-0.2, -0.15) is 0 Å². The monoisotopic (exact) mass is 201 g/mol. The van der Waals surface area contributed by atoms with Gasteiger partial charge in [-0.3, -0.25) is 20.2 Å². The third-order valence-electron chi connectivity index (χ3n) is 1.28. The highest BCUT2D eigenvalue weighted by Gasteiger charge is 2.27. The van der Waals surface area contributed by atoms with Gasteiger partial charge in [0.2, 0.25) is 0 Å². The summed E-state index contributed by atoms with van der Waals surface area (Å²) in [6, 6.07) is 4.43. The molecular weight excluding hydrogens is 200 g/mol. The summed E-state index contributed by atoms with van der Waals surface area (Å²) in [4.78, 5) is 18.9. The van der Waals surface area contributed by atoms with Crippen LogP contribution in [0.2, 0.25) is 5.02 Å². The van der Waals surface area contributed by atoms with Crippen molar-refractivity contribution in [2.24, 2.45) is 0 Å². The summed E-state index contributed by atoms with van der Waals surface area (Å²) in [5, 5.41) is 20.3. The van der Waals surface area contributed by atoms with Crippen LogP contribution in [0.25, 0.3) is 0 Å². The third-order valence-corrected chi connectivity index (χ3v) is 1.57. The van der Waals surface area contributed by atoms with E-state index in [2.05, 4.69) is 6.07 Å². The number of rotatable bonds is 2. The predicted molar refractivity (Wildman–Crippen MR) is 43.6 cm³/mol. The van der Waals surface area contributed by atoms with E-state index in [-0.39, 0.29) is 5.02 Å². The molecule has 67 valence electrons. The summed E-state index contributed by atoms with van der Waals surface area (Å²) in [6.45, 7) is 0. The van der Waals surface area contributed by atoms with Crippen molar-refractivity contribution in [2.75, 3.05) is 0 Å². The van der Waals surface area contributed by atoms with Crippen LogP contribution in [0.5, 0.6) is 0 Å². The number of nitrogens with zero attached hydrogens (tertiary/aromatic N) is 2. The molecule has 1 radical (unpaired) electrons. The Hall–Kier alpha value is -1.69. The van der Waals surface area contributed by atoms with Crippen LogP contribution in [-0.4, -0.2) is 9.85 Å². The summed E-state index contributed by atoms with van der Waals surface area (Å²) < 4.78 is 0. The Labute approximate surface area is 77.0 Å². The number of nitro benzene ring substituents is 2. The molecule has 0 aliphatic heterocycles. The normalized spacial score (nSPS) is 9.62. The number of halogens is 1. The minimum absolute atomic E-state index is 0.362. The molecule has 7 heteroatoms. The van der Waals surface area contributed by atoms with Gasteiger partial charge in [-0.1, -0.05) is 11.6 Å². The first-order valence-corrected chi connectivity index (χ1v) is 3.41. The summed E-state index contributed by atoms with van der Waals surface area (Å²) in [7, 11) is 0. The average molecular weight is 202 g/mol. The summed E-state index contributed by atoms with van der Waals surface area (Å²) >= 11 is 5.37. The maximum atomic E-state index is 10.3. The van der Waals surface area contributed by atoms with Crippen LogP contribution in [-0.2, 0) is 0 Å². The third kappa shape index (κ3) is 1.73. The lowest BCUT2D eigenvalue weighted by atomic mass is 10.3. The Morgan fingerprint density at radius 1 is 1.31 bits per heavy atom. The molecule has 6 nitrogen and oxygen atoms in total. The van der Waals surface area contributed by atoms with Crippen LogP contribution in [0.15, 0.2) is 12.1 Å². The number of nitro groups is 2. The van der Waals surface area contributed by atoms with Gasteiger partial charge in [0.15, 0.2) is 0 Å². The van der Waals surface area contributed by atoms with Crippen molar-refractivity contribution in [1.82, 2.24) is 0 Å². The molecule has 0 atom stereocenters. The standard InChI is InChI=1S/C6H2ClN2O4/c7-4-2-1-3-5(8(10)11)6(4)9(12)13/h1,3H. The molecule has 0 saturated carbocycles. The van der Waals surface area contributed by atoms with Crippen molar-refractivity contribution in [3.8, 4) is 0 Å². The first-order valence-electron chi connectivity index (χ1n) is 3.03. The molecule has 0 aliphatic carbocycles. The minimum atomic E-state index is -0.906. The second kappa shape index (κ2) is 3.36. The topological polar surface area (TPSA) is 86.3 Å². The van der Waals surface area contributed by atoms with Crippen molar-refractivity contribution in [3.63, 3.8) is 0 Å². The van der Waals surface area contributed by atoms with Crippen molar-refractivity contribution in [2.45, 2.75) is 0 Å². The summed E-state index contributed by atoms with van der Waals surface area (Å²) in [5.74, 6) is 0. The first-order chi connectivity index (χ1) is 6.04. The van der Waals surface area contributed by atoms with Gasteiger partial charge in [0, 0.05) is 12.1 Å². The van der Waals surface area contributed by atoms with Crippen molar-refractivity contribution in [3.05, 3.63) is 43.5 Å². The first kappa shape index (κ1) is 9.40. The van der Waals surface area contributed by atoms with Gasteiger partial charge in [-0.15, -0.1) is 0 Å². The van der Waals surface area contributed by atoms with E-state index in [0.717, 1.165) is 12.1 Å². The van der Waals surface area contributed by atoms with Gasteiger partial charge in [-0.25, -0.2) is 0 Å². The van der Waals surface area contributed by atoms with Crippen molar-refractivity contribution < 1.29 is 9.85 Å². The number of hydrogen-bond acceptors (Lipinski definition) is 4. The van der Waals surface area contributed by atoms with Crippen LogP contribution >= 0.6 is 11.6 Å². The Balaban J connectivity index is 3.43.